The monoisotopic (exact) mass is 326 g/mol. The van der Waals surface area contributed by atoms with Gasteiger partial charge in [-0.15, -0.1) is 0 Å². The second kappa shape index (κ2) is 7.08. The molecule has 0 unspecified atom stereocenters. The van der Waals surface area contributed by atoms with Gasteiger partial charge in [-0.05, 0) is 12.8 Å². The standard InChI is InChI=1S/C17H18N4O3/c18-15-13(19-8-9-20-15)17(23)24-14(12-6-2-1-3-7-12)16(22)21-10-4-5-11-21/h1-3,6-9,14H,4-5,10-11H2,(H2,18,20)/t14-/m1/s1. The van der Waals surface area contributed by atoms with Crippen LogP contribution in [0, 0.1) is 0 Å². The van der Waals surface area contributed by atoms with E-state index < -0.39 is 12.1 Å². The molecular formula is C17H18N4O3. The SMILES string of the molecule is Nc1nccnc1C(=O)O[C@@H](C(=O)N1CCCC1)c1ccccc1. The van der Waals surface area contributed by atoms with Crippen molar-refractivity contribution < 1.29 is 14.3 Å². The predicted molar refractivity (Wildman–Crippen MR) is 86.9 cm³/mol. The smallest absolute Gasteiger partial charge is 0.361 e. The number of esters is 1. The third-order valence-corrected chi connectivity index (χ3v) is 3.89. The lowest BCUT2D eigenvalue weighted by molar-refractivity contribution is -0.140. The Morgan fingerprint density at radius 3 is 2.42 bits per heavy atom. The van der Waals surface area contributed by atoms with Gasteiger partial charge in [-0.2, -0.15) is 0 Å². The van der Waals surface area contributed by atoms with Crippen molar-refractivity contribution in [2.24, 2.45) is 0 Å². The zero-order valence-electron chi connectivity index (χ0n) is 13.1. The van der Waals surface area contributed by atoms with E-state index in [-0.39, 0.29) is 17.4 Å². The molecule has 3 rings (SSSR count). The van der Waals surface area contributed by atoms with E-state index in [1.165, 1.54) is 12.4 Å². The van der Waals surface area contributed by atoms with E-state index in [9.17, 15) is 9.59 Å². The summed E-state index contributed by atoms with van der Waals surface area (Å²) in [6.45, 7) is 1.35. The van der Waals surface area contributed by atoms with Crippen LogP contribution >= 0.6 is 0 Å². The van der Waals surface area contributed by atoms with Gasteiger partial charge >= 0.3 is 5.97 Å². The highest BCUT2D eigenvalue weighted by Crippen LogP contribution is 2.24. The van der Waals surface area contributed by atoms with Crippen LogP contribution < -0.4 is 5.73 Å². The highest BCUT2D eigenvalue weighted by molar-refractivity contribution is 5.94. The Bertz CT molecular complexity index is 730. The van der Waals surface area contributed by atoms with Crippen LogP contribution in [0.1, 0.15) is 35.0 Å². The highest BCUT2D eigenvalue weighted by Gasteiger charge is 2.32. The number of aromatic nitrogens is 2. The maximum absolute atomic E-state index is 12.8. The van der Waals surface area contributed by atoms with E-state index in [0.717, 1.165) is 12.8 Å². The number of carbonyl (C=O) groups excluding carboxylic acids is 2. The van der Waals surface area contributed by atoms with E-state index >= 15 is 0 Å². The van der Waals surface area contributed by atoms with Crippen LogP contribution in [0.25, 0.3) is 0 Å². The van der Waals surface area contributed by atoms with Crippen molar-refractivity contribution in [2.45, 2.75) is 18.9 Å². The first kappa shape index (κ1) is 15.9. The number of amides is 1. The number of anilines is 1. The molecule has 1 saturated heterocycles. The molecule has 0 spiro atoms. The van der Waals surface area contributed by atoms with Gasteiger partial charge in [0, 0.05) is 31.0 Å². The third kappa shape index (κ3) is 3.34. The van der Waals surface area contributed by atoms with E-state index in [1.807, 2.05) is 6.07 Å². The number of hydrogen-bond donors (Lipinski definition) is 1. The molecule has 1 aliphatic heterocycles. The van der Waals surface area contributed by atoms with Crippen molar-refractivity contribution in [1.29, 1.82) is 0 Å². The number of nitrogen functional groups attached to an aromatic ring is 1. The Balaban J connectivity index is 1.86. The summed E-state index contributed by atoms with van der Waals surface area (Å²) >= 11 is 0. The maximum Gasteiger partial charge on any atom is 0.361 e. The summed E-state index contributed by atoms with van der Waals surface area (Å²) in [5.41, 5.74) is 6.19. The van der Waals surface area contributed by atoms with Gasteiger partial charge in [0.2, 0.25) is 6.10 Å². The number of carbonyl (C=O) groups is 2. The molecule has 7 nitrogen and oxygen atoms in total. The molecule has 0 saturated carbocycles. The molecule has 1 fully saturated rings. The summed E-state index contributed by atoms with van der Waals surface area (Å²) in [6.07, 6.45) is 3.64. The van der Waals surface area contributed by atoms with Gasteiger partial charge in [0.1, 0.15) is 0 Å². The molecule has 1 aromatic heterocycles. The van der Waals surface area contributed by atoms with Gasteiger partial charge in [-0.25, -0.2) is 14.8 Å². The number of likely N-dealkylation sites (tertiary alicyclic amines) is 1. The summed E-state index contributed by atoms with van der Waals surface area (Å²) in [4.78, 5) is 34.6. The number of benzene rings is 1. The van der Waals surface area contributed by atoms with Crippen molar-refractivity contribution in [3.63, 3.8) is 0 Å². The average Bonchev–Trinajstić information content (AvgIpc) is 3.15. The number of nitrogens with two attached hydrogens (primary N) is 1. The first-order valence-electron chi connectivity index (χ1n) is 7.78. The number of hydrogen-bond acceptors (Lipinski definition) is 6. The van der Waals surface area contributed by atoms with Crippen molar-refractivity contribution >= 4 is 17.7 Å². The Morgan fingerprint density at radius 1 is 1.08 bits per heavy atom. The van der Waals surface area contributed by atoms with Gasteiger partial charge in [0.15, 0.2) is 11.5 Å². The molecule has 1 amide bonds. The molecule has 0 aliphatic carbocycles. The van der Waals surface area contributed by atoms with Gasteiger partial charge < -0.3 is 15.4 Å². The first-order valence-corrected chi connectivity index (χ1v) is 7.78. The fraction of sp³-hybridized carbons (Fsp3) is 0.294. The largest absolute Gasteiger partial charge is 0.442 e. The summed E-state index contributed by atoms with van der Waals surface area (Å²) < 4.78 is 5.47. The Morgan fingerprint density at radius 2 is 1.75 bits per heavy atom. The zero-order chi connectivity index (χ0) is 16.9. The second-order valence-electron chi connectivity index (χ2n) is 5.52. The van der Waals surface area contributed by atoms with Crippen LogP contribution in [0.15, 0.2) is 42.7 Å². The number of nitrogens with zero attached hydrogens (tertiary/aromatic N) is 3. The minimum absolute atomic E-state index is 0.0251. The highest BCUT2D eigenvalue weighted by atomic mass is 16.5. The molecule has 124 valence electrons. The molecule has 0 radical (unpaired) electrons. The quantitative estimate of drug-likeness (QED) is 0.857. The van der Waals surface area contributed by atoms with Crippen molar-refractivity contribution in [3.05, 3.63) is 54.0 Å². The summed E-state index contributed by atoms with van der Waals surface area (Å²) in [7, 11) is 0. The predicted octanol–water partition coefficient (Wildman–Crippen LogP) is 1.58. The topological polar surface area (TPSA) is 98.4 Å². The van der Waals surface area contributed by atoms with Crippen molar-refractivity contribution in [2.75, 3.05) is 18.8 Å². The van der Waals surface area contributed by atoms with Crippen LogP contribution in [-0.4, -0.2) is 39.8 Å². The molecule has 24 heavy (non-hydrogen) atoms. The fourth-order valence-corrected chi connectivity index (χ4v) is 2.66. The number of rotatable bonds is 4. The summed E-state index contributed by atoms with van der Waals surface area (Å²) in [5, 5.41) is 0. The molecule has 1 atom stereocenters. The normalized spacial score (nSPS) is 15.1. The lowest BCUT2D eigenvalue weighted by atomic mass is 10.1. The Hall–Kier alpha value is -2.96. The Kier molecular flexibility index (Phi) is 4.69. The van der Waals surface area contributed by atoms with E-state index in [4.69, 9.17) is 10.5 Å². The van der Waals surface area contributed by atoms with E-state index in [2.05, 4.69) is 9.97 Å². The van der Waals surface area contributed by atoms with E-state index in [0.29, 0.717) is 18.7 Å². The molecule has 2 N–H and O–H groups in total. The minimum atomic E-state index is -1.02. The van der Waals surface area contributed by atoms with Gasteiger partial charge in [-0.1, -0.05) is 30.3 Å². The summed E-state index contributed by atoms with van der Waals surface area (Å²) in [6, 6.07) is 8.94. The van der Waals surface area contributed by atoms with E-state index in [1.54, 1.807) is 29.2 Å². The molecule has 7 heteroatoms. The Labute approximate surface area is 139 Å². The summed E-state index contributed by atoms with van der Waals surface area (Å²) in [5.74, 6) is -1.01. The van der Waals surface area contributed by atoms with Gasteiger partial charge in [0.05, 0.1) is 0 Å². The van der Waals surface area contributed by atoms with Gasteiger partial charge in [0.25, 0.3) is 5.91 Å². The van der Waals surface area contributed by atoms with Gasteiger partial charge in [-0.3, -0.25) is 4.79 Å². The maximum atomic E-state index is 12.8. The van der Waals surface area contributed by atoms with Crippen molar-refractivity contribution in [3.8, 4) is 0 Å². The molecule has 0 bridgehead atoms. The minimum Gasteiger partial charge on any atom is -0.442 e. The molecular weight excluding hydrogens is 308 g/mol. The number of ether oxygens (including phenoxy) is 1. The lowest BCUT2D eigenvalue weighted by Crippen LogP contribution is -2.35. The molecule has 2 heterocycles. The molecule has 1 aromatic carbocycles. The van der Waals surface area contributed by atoms with Crippen LogP contribution in [0.2, 0.25) is 0 Å². The zero-order valence-corrected chi connectivity index (χ0v) is 13.1. The van der Waals surface area contributed by atoms with Crippen LogP contribution in [0.4, 0.5) is 5.82 Å². The average molecular weight is 326 g/mol. The molecule has 2 aromatic rings. The van der Waals surface area contributed by atoms with Crippen LogP contribution in [-0.2, 0) is 9.53 Å². The van der Waals surface area contributed by atoms with Crippen molar-refractivity contribution in [1.82, 2.24) is 14.9 Å². The first-order chi connectivity index (χ1) is 11.7. The third-order valence-electron chi connectivity index (χ3n) is 3.89. The van der Waals surface area contributed by atoms with Crippen LogP contribution in [0.3, 0.4) is 0 Å². The fourth-order valence-electron chi connectivity index (χ4n) is 2.66. The van der Waals surface area contributed by atoms with Crippen LogP contribution in [0.5, 0.6) is 0 Å². The molecule has 1 aliphatic rings. The lowest BCUT2D eigenvalue weighted by Gasteiger charge is -2.23. The second-order valence-corrected chi connectivity index (χ2v) is 5.52.